The van der Waals surface area contributed by atoms with Gasteiger partial charge in [-0.1, -0.05) is 47.0 Å². The summed E-state index contributed by atoms with van der Waals surface area (Å²) in [5.41, 5.74) is 1.75. The number of urea groups is 1. The van der Waals surface area contributed by atoms with Gasteiger partial charge in [0, 0.05) is 6.54 Å². The molecular weight excluding hydrogens is 620 g/mol. The molecule has 0 bridgehead atoms. The lowest BCUT2D eigenvalue weighted by Gasteiger charge is -2.55. The van der Waals surface area contributed by atoms with E-state index in [1.54, 1.807) is 43.7 Å². The van der Waals surface area contributed by atoms with Crippen molar-refractivity contribution >= 4 is 54.9 Å². The molecule has 2 heterocycles. The molecule has 2 aromatic rings. The highest BCUT2D eigenvalue weighted by molar-refractivity contribution is 14.2. The number of halogens is 2. The SMILES string of the molecule is C=ICN1CC(=O)N2[C@@H](CCSC)C(=O)N([C@H](C)c3ccccc3)C[C@@H]2N1C(=O)NCc1ccc(F)cc1. The molecule has 0 radical (unpaired) electrons. The molecule has 3 atom stereocenters. The fourth-order valence-electron chi connectivity index (χ4n) is 4.98. The number of fused-ring (bicyclic) bond motifs is 1. The number of benzene rings is 2. The number of nitrogens with one attached hydrogen (secondary N) is 1. The van der Waals surface area contributed by atoms with Crippen LogP contribution in [0.4, 0.5) is 9.18 Å². The first-order valence-corrected chi connectivity index (χ1v) is 16.8. The number of hydrogen-bond acceptors (Lipinski definition) is 5. The third kappa shape index (κ3) is 6.20. The third-order valence-electron chi connectivity index (χ3n) is 6.91. The lowest BCUT2D eigenvalue weighted by Crippen LogP contribution is -2.76. The van der Waals surface area contributed by atoms with Crippen LogP contribution in [0.3, 0.4) is 0 Å². The number of nitrogens with zero attached hydrogens (tertiary/aromatic N) is 4. The summed E-state index contributed by atoms with van der Waals surface area (Å²) < 4.78 is 17.9. The molecular formula is C27H33FIN5O3S. The summed E-state index contributed by atoms with van der Waals surface area (Å²) in [7, 11) is 0. The smallest absolute Gasteiger partial charge is 0.333 e. The molecule has 2 fully saturated rings. The highest BCUT2D eigenvalue weighted by Gasteiger charge is 2.51. The van der Waals surface area contributed by atoms with Crippen LogP contribution in [0.5, 0.6) is 0 Å². The summed E-state index contributed by atoms with van der Waals surface area (Å²) in [5, 5.41) is 6.32. The van der Waals surface area contributed by atoms with E-state index in [4.69, 9.17) is 0 Å². The Labute approximate surface area is 237 Å². The summed E-state index contributed by atoms with van der Waals surface area (Å²) in [6, 6.07) is 14.5. The van der Waals surface area contributed by atoms with Crippen LogP contribution < -0.4 is 5.32 Å². The number of hydrazine groups is 1. The minimum Gasteiger partial charge on any atom is -0.333 e. The van der Waals surface area contributed by atoms with Crippen molar-refractivity contribution in [3.8, 4) is 0 Å². The molecule has 0 unspecified atom stereocenters. The molecule has 0 aromatic heterocycles. The minimum absolute atomic E-state index is 0.0208. The molecule has 204 valence electrons. The first kappa shape index (κ1) is 28.5. The Morgan fingerprint density at radius 2 is 1.89 bits per heavy atom. The molecule has 1 N–H and O–H groups in total. The number of carbonyl (C=O) groups excluding carboxylic acids is 3. The van der Waals surface area contributed by atoms with Gasteiger partial charge in [0.1, 0.15) is 18.0 Å². The molecule has 0 spiro atoms. The molecule has 8 nitrogen and oxygen atoms in total. The zero-order valence-electron chi connectivity index (χ0n) is 21.6. The quantitative estimate of drug-likeness (QED) is 0.253. The van der Waals surface area contributed by atoms with Crippen molar-refractivity contribution in [1.82, 2.24) is 25.1 Å². The molecule has 11 heteroatoms. The Balaban J connectivity index is 1.66. The molecule has 2 aliphatic heterocycles. The standard InChI is InChI=1S/C27H33FIN5O3S/c1-19(21-7-5-4-6-8-21)32-16-24-33(23(26(32)36)13-14-38-3)25(35)17-31(18-29-2)34(24)27(37)30-15-20-9-11-22(28)12-10-20/h4-12,19,23-24H,2,13-18H2,1,3H3,(H,30,37)/t19-,23+,24+/m1/s1. The Hall–Kier alpha value is -2.51. The van der Waals surface area contributed by atoms with Gasteiger partial charge in [0.25, 0.3) is 0 Å². The molecule has 0 saturated carbocycles. The van der Waals surface area contributed by atoms with Gasteiger partial charge >= 0.3 is 6.03 Å². The summed E-state index contributed by atoms with van der Waals surface area (Å²) in [5.74, 6) is 0.128. The predicted octanol–water partition coefficient (Wildman–Crippen LogP) is 3.81. The number of carbonyl (C=O) groups is 3. The molecule has 38 heavy (non-hydrogen) atoms. The largest absolute Gasteiger partial charge is 0.334 e. The second kappa shape index (κ2) is 13.0. The van der Waals surface area contributed by atoms with Crippen molar-refractivity contribution in [1.29, 1.82) is 0 Å². The zero-order chi connectivity index (χ0) is 27.2. The number of thioether (sulfide) groups is 1. The van der Waals surface area contributed by atoms with Crippen molar-refractivity contribution in [2.24, 2.45) is 0 Å². The maximum absolute atomic E-state index is 13.8. The van der Waals surface area contributed by atoms with E-state index in [1.807, 2.05) is 43.5 Å². The Morgan fingerprint density at radius 1 is 1.18 bits per heavy atom. The third-order valence-corrected chi connectivity index (χ3v) is 8.82. The summed E-state index contributed by atoms with van der Waals surface area (Å²) >= 11 is 1.12. The fraction of sp³-hybridized carbons (Fsp3) is 0.407. The topological polar surface area (TPSA) is 76.2 Å². The molecule has 0 aliphatic carbocycles. The van der Waals surface area contributed by atoms with Crippen LogP contribution in [-0.2, 0) is 16.1 Å². The number of rotatable bonds is 9. The van der Waals surface area contributed by atoms with Crippen LogP contribution in [0.25, 0.3) is 0 Å². The van der Waals surface area contributed by atoms with Crippen molar-refractivity contribution in [3.05, 3.63) is 71.5 Å². The van der Waals surface area contributed by atoms with Crippen LogP contribution >= 0.6 is 32.5 Å². The number of piperazine rings is 1. The van der Waals surface area contributed by atoms with E-state index in [9.17, 15) is 18.8 Å². The van der Waals surface area contributed by atoms with Gasteiger partial charge in [0.2, 0.25) is 11.8 Å². The van der Waals surface area contributed by atoms with Crippen molar-refractivity contribution in [3.63, 3.8) is 0 Å². The van der Waals surface area contributed by atoms with Crippen molar-refractivity contribution in [2.75, 3.05) is 29.6 Å². The monoisotopic (exact) mass is 653 g/mol. The van der Waals surface area contributed by atoms with Crippen LogP contribution in [0, 0.1) is 5.82 Å². The fourth-order valence-corrected chi connectivity index (χ4v) is 6.57. The van der Waals surface area contributed by atoms with E-state index in [-0.39, 0.29) is 49.3 Å². The van der Waals surface area contributed by atoms with E-state index in [1.165, 1.54) is 12.1 Å². The highest BCUT2D eigenvalue weighted by Crippen LogP contribution is 2.33. The Kier molecular flexibility index (Phi) is 9.77. The normalized spacial score (nSPS) is 20.9. The first-order chi connectivity index (χ1) is 18.3. The Bertz CT molecular complexity index is 1160. The zero-order valence-corrected chi connectivity index (χ0v) is 24.5. The van der Waals surface area contributed by atoms with Crippen molar-refractivity contribution < 1.29 is 18.8 Å². The molecule has 4 amide bonds. The minimum atomic E-state index is -0.649. The second-order valence-corrected chi connectivity index (χ2v) is 12.0. The van der Waals surface area contributed by atoms with Gasteiger partial charge in [-0.25, -0.2) is 14.2 Å². The molecule has 2 aliphatic rings. The van der Waals surface area contributed by atoms with E-state index in [0.29, 0.717) is 16.7 Å². The van der Waals surface area contributed by atoms with Crippen LogP contribution in [0.1, 0.15) is 30.5 Å². The number of alkyl halides is 1. The Morgan fingerprint density at radius 3 is 2.55 bits per heavy atom. The van der Waals surface area contributed by atoms with E-state index in [2.05, 4.69) is 9.83 Å². The lowest BCUT2D eigenvalue weighted by molar-refractivity contribution is -0.189. The summed E-state index contributed by atoms with van der Waals surface area (Å²) in [6.45, 7) is 2.42. The molecule has 2 saturated heterocycles. The van der Waals surface area contributed by atoms with Gasteiger partial charge in [-0.3, -0.25) is 9.59 Å². The number of hydrogen-bond donors (Lipinski definition) is 1. The van der Waals surface area contributed by atoms with Gasteiger partial charge in [0.05, 0.1) is 23.7 Å². The van der Waals surface area contributed by atoms with E-state index >= 15 is 0 Å². The highest BCUT2D eigenvalue weighted by atomic mass is 127. The summed E-state index contributed by atoms with van der Waals surface area (Å²) in [6.07, 6.45) is 1.84. The second-order valence-electron chi connectivity index (χ2n) is 9.26. The average Bonchev–Trinajstić information content (AvgIpc) is 2.92. The van der Waals surface area contributed by atoms with Crippen LogP contribution in [0.15, 0.2) is 54.6 Å². The van der Waals surface area contributed by atoms with E-state index < -0.39 is 32.9 Å². The average molecular weight is 654 g/mol. The van der Waals surface area contributed by atoms with Gasteiger partial charge < -0.3 is 15.1 Å². The first-order valence-electron chi connectivity index (χ1n) is 12.4. The van der Waals surface area contributed by atoms with Crippen LogP contribution in [0.2, 0.25) is 0 Å². The van der Waals surface area contributed by atoms with Gasteiger partial charge in [-0.05, 0) is 48.6 Å². The van der Waals surface area contributed by atoms with Gasteiger partial charge in [-0.15, -0.1) is 20.7 Å². The van der Waals surface area contributed by atoms with Gasteiger partial charge in [-0.2, -0.15) is 16.8 Å². The molecule has 2 aromatic carbocycles. The van der Waals surface area contributed by atoms with Crippen molar-refractivity contribution in [2.45, 2.75) is 38.1 Å². The lowest BCUT2D eigenvalue weighted by atomic mass is 9.99. The van der Waals surface area contributed by atoms with Gasteiger partial charge in [0.15, 0.2) is 0 Å². The van der Waals surface area contributed by atoms with Crippen LogP contribution in [-0.4, -0.2) is 84.0 Å². The maximum atomic E-state index is 13.8. The summed E-state index contributed by atoms with van der Waals surface area (Å²) in [4.78, 5) is 44.4. The predicted molar refractivity (Wildman–Crippen MR) is 157 cm³/mol. The van der Waals surface area contributed by atoms with E-state index in [0.717, 1.165) is 11.1 Å². The number of amides is 4. The molecule has 4 rings (SSSR count). The maximum Gasteiger partial charge on any atom is 0.334 e.